The summed E-state index contributed by atoms with van der Waals surface area (Å²) < 4.78 is 0. The Morgan fingerprint density at radius 3 is 1.93 bits per heavy atom. The highest BCUT2D eigenvalue weighted by atomic mass is 16.4. The highest BCUT2D eigenvalue weighted by molar-refractivity contribution is 5.73. The van der Waals surface area contributed by atoms with Crippen LogP contribution in [0.5, 0.6) is 0 Å². The Morgan fingerprint density at radius 1 is 1.00 bits per heavy atom. The molecule has 2 aliphatic rings. The summed E-state index contributed by atoms with van der Waals surface area (Å²) in [4.78, 5) is 10.3. The van der Waals surface area contributed by atoms with Crippen LogP contribution in [0.1, 0.15) is 38.5 Å². The number of hydrogen-bond acceptors (Lipinski definition) is 3. The van der Waals surface area contributed by atoms with Crippen molar-refractivity contribution < 1.29 is 9.90 Å². The van der Waals surface area contributed by atoms with E-state index in [1.807, 2.05) is 0 Å². The number of carboxylic acids is 1. The molecule has 2 saturated heterocycles. The van der Waals surface area contributed by atoms with Crippen molar-refractivity contribution in [3.05, 3.63) is 0 Å². The molecule has 2 fully saturated rings. The SMILES string of the molecule is C1CCNCC1.O=C(O)C1CCCCN1. The molecule has 2 rings (SSSR count). The van der Waals surface area contributed by atoms with Crippen molar-refractivity contribution in [3.63, 3.8) is 0 Å². The van der Waals surface area contributed by atoms with E-state index >= 15 is 0 Å². The average molecular weight is 214 g/mol. The summed E-state index contributed by atoms with van der Waals surface area (Å²) in [6.45, 7) is 3.36. The Kier molecular flexibility index (Phi) is 6.36. The van der Waals surface area contributed by atoms with Crippen molar-refractivity contribution in [2.24, 2.45) is 0 Å². The molecule has 0 saturated carbocycles. The van der Waals surface area contributed by atoms with Crippen LogP contribution in [-0.4, -0.2) is 36.8 Å². The van der Waals surface area contributed by atoms with Crippen molar-refractivity contribution in [3.8, 4) is 0 Å². The summed E-state index contributed by atoms with van der Waals surface area (Å²) in [5.74, 6) is -0.713. The predicted molar refractivity (Wildman–Crippen MR) is 60.0 cm³/mol. The van der Waals surface area contributed by atoms with Crippen molar-refractivity contribution in [2.45, 2.75) is 44.6 Å². The van der Waals surface area contributed by atoms with E-state index in [1.54, 1.807) is 0 Å². The van der Waals surface area contributed by atoms with Crippen LogP contribution in [-0.2, 0) is 4.79 Å². The van der Waals surface area contributed by atoms with Crippen molar-refractivity contribution in [2.75, 3.05) is 19.6 Å². The molecule has 0 aromatic heterocycles. The van der Waals surface area contributed by atoms with Crippen molar-refractivity contribution in [1.82, 2.24) is 10.6 Å². The van der Waals surface area contributed by atoms with Gasteiger partial charge >= 0.3 is 5.97 Å². The molecule has 0 aliphatic carbocycles. The lowest BCUT2D eigenvalue weighted by Gasteiger charge is -2.18. The zero-order valence-corrected chi connectivity index (χ0v) is 9.30. The van der Waals surface area contributed by atoms with Gasteiger partial charge in [-0.2, -0.15) is 0 Å². The van der Waals surface area contributed by atoms with E-state index in [1.165, 1.54) is 32.4 Å². The van der Waals surface area contributed by atoms with Gasteiger partial charge in [-0.3, -0.25) is 4.79 Å². The first kappa shape index (κ1) is 12.5. The first-order chi connectivity index (χ1) is 7.30. The van der Waals surface area contributed by atoms with Gasteiger partial charge in [0, 0.05) is 0 Å². The Labute approximate surface area is 91.4 Å². The van der Waals surface area contributed by atoms with Crippen LogP contribution in [0.4, 0.5) is 0 Å². The smallest absolute Gasteiger partial charge is 0.320 e. The second-order valence-corrected chi connectivity index (χ2v) is 4.15. The molecule has 2 heterocycles. The Morgan fingerprint density at radius 2 is 1.67 bits per heavy atom. The number of carbonyl (C=O) groups is 1. The molecule has 0 bridgehead atoms. The van der Waals surface area contributed by atoms with Gasteiger partial charge in [-0.25, -0.2) is 0 Å². The molecule has 0 radical (unpaired) electrons. The fourth-order valence-corrected chi connectivity index (χ4v) is 1.86. The van der Waals surface area contributed by atoms with E-state index in [9.17, 15) is 4.79 Å². The second-order valence-electron chi connectivity index (χ2n) is 4.15. The molecular formula is C11H22N2O2. The predicted octanol–water partition coefficient (Wildman–Crippen LogP) is 0.973. The molecule has 4 heteroatoms. The van der Waals surface area contributed by atoms with Gasteiger partial charge in [0.15, 0.2) is 0 Å². The van der Waals surface area contributed by atoms with E-state index in [0.29, 0.717) is 0 Å². The Bertz CT molecular complexity index is 164. The molecular weight excluding hydrogens is 192 g/mol. The zero-order valence-electron chi connectivity index (χ0n) is 9.30. The lowest BCUT2D eigenvalue weighted by molar-refractivity contribution is -0.140. The molecule has 3 N–H and O–H groups in total. The molecule has 1 atom stereocenters. The largest absolute Gasteiger partial charge is 0.480 e. The summed E-state index contributed by atoms with van der Waals surface area (Å²) in [5, 5.41) is 14.7. The van der Waals surface area contributed by atoms with Crippen LogP contribution in [0.15, 0.2) is 0 Å². The number of nitrogens with one attached hydrogen (secondary N) is 2. The molecule has 15 heavy (non-hydrogen) atoms. The molecule has 88 valence electrons. The van der Waals surface area contributed by atoms with Crippen LogP contribution >= 0.6 is 0 Å². The number of aliphatic carboxylic acids is 1. The van der Waals surface area contributed by atoms with E-state index in [0.717, 1.165) is 25.8 Å². The quantitative estimate of drug-likeness (QED) is 0.609. The number of piperidine rings is 2. The molecule has 0 amide bonds. The van der Waals surface area contributed by atoms with Crippen molar-refractivity contribution in [1.29, 1.82) is 0 Å². The molecule has 2 aliphatic heterocycles. The molecule has 0 aromatic carbocycles. The maximum atomic E-state index is 10.3. The van der Waals surface area contributed by atoms with Gasteiger partial charge in [-0.15, -0.1) is 0 Å². The lowest BCUT2D eigenvalue weighted by Crippen LogP contribution is -2.40. The van der Waals surface area contributed by atoms with Crippen LogP contribution in [0.25, 0.3) is 0 Å². The third-order valence-corrected chi connectivity index (χ3v) is 2.82. The number of carboxylic acid groups (broad SMARTS) is 1. The monoisotopic (exact) mass is 214 g/mol. The van der Waals surface area contributed by atoms with Gasteiger partial charge in [0.1, 0.15) is 6.04 Å². The minimum Gasteiger partial charge on any atom is -0.480 e. The maximum Gasteiger partial charge on any atom is 0.320 e. The van der Waals surface area contributed by atoms with Crippen LogP contribution in [0, 0.1) is 0 Å². The van der Waals surface area contributed by atoms with Gasteiger partial charge in [-0.1, -0.05) is 12.8 Å². The summed E-state index contributed by atoms with van der Waals surface area (Å²) >= 11 is 0. The highest BCUT2D eigenvalue weighted by Gasteiger charge is 2.18. The van der Waals surface area contributed by atoms with Gasteiger partial charge in [0.05, 0.1) is 0 Å². The number of rotatable bonds is 1. The maximum absolute atomic E-state index is 10.3. The first-order valence-corrected chi connectivity index (χ1v) is 5.97. The Hall–Kier alpha value is -0.610. The fraction of sp³-hybridized carbons (Fsp3) is 0.909. The Balaban J connectivity index is 0.000000162. The van der Waals surface area contributed by atoms with Crippen molar-refractivity contribution >= 4 is 5.97 Å². The number of hydrogen-bond donors (Lipinski definition) is 3. The average Bonchev–Trinajstić information content (AvgIpc) is 2.33. The fourth-order valence-electron chi connectivity index (χ4n) is 1.86. The minimum atomic E-state index is -0.713. The molecule has 4 nitrogen and oxygen atoms in total. The first-order valence-electron chi connectivity index (χ1n) is 5.97. The summed E-state index contributed by atoms with van der Waals surface area (Å²) in [6, 6.07) is -0.279. The second kappa shape index (κ2) is 7.65. The molecule has 0 spiro atoms. The van der Waals surface area contributed by atoms with Gasteiger partial charge in [-0.05, 0) is 45.3 Å². The summed E-state index contributed by atoms with van der Waals surface area (Å²) in [5.41, 5.74) is 0. The topological polar surface area (TPSA) is 61.4 Å². The normalized spacial score (nSPS) is 26.3. The van der Waals surface area contributed by atoms with Gasteiger partial charge in [0.25, 0.3) is 0 Å². The summed E-state index contributed by atoms with van der Waals surface area (Å²) in [7, 11) is 0. The molecule has 0 aromatic rings. The van der Waals surface area contributed by atoms with E-state index in [2.05, 4.69) is 10.6 Å². The summed E-state index contributed by atoms with van der Waals surface area (Å²) in [6.07, 6.45) is 7.16. The van der Waals surface area contributed by atoms with Crippen LogP contribution in [0.3, 0.4) is 0 Å². The van der Waals surface area contributed by atoms with E-state index < -0.39 is 5.97 Å². The van der Waals surface area contributed by atoms with Gasteiger partial charge < -0.3 is 15.7 Å². The minimum absolute atomic E-state index is 0.279. The standard InChI is InChI=1S/C6H11NO2.C5H11N/c8-6(9)5-3-1-2-4-7-5;1-2-4-6-5-3-1/h5,7H,1-4H2,(H,8,9);6H,1-5H2. The third-order valence-electron chi connectivity index (χ3n) is 2.82. The molecule has 1 unspecified atom stereocenters. The van der Waals surface area contributed by atoms with Gasteiger partial charge in [0.2, 0.25) is 0 Å². The van der Waals surface area contributed by atoms with E-state index in [4.69, 9.17) is 5.11 Å². The van der Waals surface area contributed by atoms with Crippen LogP contribution in [0.2, 0.25) is 0 Å². The zero-order chi connectivity index (χ0) is 10.9. The van der Waals surface area contributed by atoms with Crippen LogP contribution < -0.4 is 10.6 Å². The third kappa shape index (κ3) is 5.74. The lowest BCUT2D eigenvalue weighted by atomic mass is 10.1. The van der Waals surface area contributed by atoms with E-state index in [-0.39, 0.29) is 6.04 Å². The highest BCUT2D eigenvalue weighted by Crippen LogP contribution is 2.05.